The van der Waals surface area contributed by atoms with Gasteiger partial charge in [0.05, 0.1) is 21.5 Å². The van der Waals surface area contributed by atoms with E-state index in [4.69, 9.17) is 4.74 Å². The van der Waals surface area contributed by atoms with Gasteiger partial charge in [0.25, 0.3) is 5.69 Å². The fraction of sp³-hybridized carbons (Fsp3) is 0.308. The van der Waals surface area contributed by atoms with Crippen molar-refractivity contribution in [2.24, 2.45) is 16.3 Å². The summed E-state index contributed by atoms with van der Waals surface area (Å²) in [6.07, 6.45) is 4.52. The molecule has 0 amide bonds. The summed E-state index contributed by atoms with van der Waals surface area (Å²) in [6.45, 7) is 6.75. The number of non-ortho nitro benzene ring substituents is 1. The molecule has 3 aromatic rings. The number of nitro benzene ring substituents is 2. The van der Waals surface area contributed by atoms with Crippen molar-refractivity contribution in [3.8, 4) is 17.6 Å². The first-order valence-electron chi connectivity index (χ1n) is 11.4. The number of nitrogens with zero attached hydrogens (tertiary/aromatic N) is 4. The fourth-order valence-electron chi connectivity index (χ4n) is 4.28. The molecular weight excluding hydrogens is 480 g/mol. The lowest BCUT2D eigenvalue weighted by Crippen LogP contribution is -2.26. The largest absolute Gasteiger partial charge is 0.450 e. The number of ether oxygens (including phenoxy) is 1. The average Bonchev–Trinajstić information content (AvgIpc) is 3.19. The minimum atomic E-state index is -0.722. The zero-order valence-corrected chi connectivity index (χ0v) is 20.9. The Bertz CT molecular complexity index is 1410. The molecule has 184 valence electrons. The van der Waals surface area contributed by atoms with Crippen LogP contribution in [0.2, 0.25) is 0 Å². The normalized spacial score (nSPS) is 15.3. The predicted octanol–water partition coefficient (Wildman–Crippen LogP) is 7.13. The molecule has 1 aromatic heterocycles. The van der Waals surface area contributed by atoms with Crippen molar-refractivity contribution in [1.29, 1.82) is 5.26 Å². The Labute approximate surface area is 212 Å². The van der Waals surface area contributed by atoms with Crippen LogP contribution in [0.3, 0.4) is 0 Å². The SMILES string of the molecule is CC(C)(C)[C@@H]1CCc2c(sc(N=Cc3cccc(Oc4ccc([N+](=O)[O-])cc4[N+](=O)[O-])c3)c2C#N)C1. The first-order chi connectivity index (χ1) is 17.1. The molecule has 2 aromatic carbocycles. The van der Waals surface area contributed by atoms with Gasteiger partial charge in [-0.25, -0.2) is 4.99 Å². The second kappa shape index (κ2) is 9.87. The Hall–Kier alpha value is -4.10. The standard InChI is InChI=1S/C26H24N4O5S/c1-26(2,3)17-7-9-20-21(14-27)25(36-24(20)12-17)28-15-16-5-4-6-19(11-16)35-23-10-8-18(29(31)32)13-22(23)30(33)34/h4-6,8,10-11,13,15,17H,7,9,12H2,1-3H3/t17-/m1/s1. The summed E-state index contributed by atoms with van der Waals surface area (Å²) in [6, 6.07) is 12.4. The maximum atomic E-state index is 11.4. The number of hydrogen-bond acceptors (Lipinski definition) is 8. The first kappa shape index (κ1) is 25.0. The van der Waals surface area contributed by atoms with E-state index in [0.717, 1.165) is 37.0 Å². The lowest BCUT2D eigenvalue weighted by atomic mass is 9.72. The van der Waals surface area contributed by atoms with E-state index >= 15 is 0 Å². The highest BCUT2D eigenvalue weighted by atomic mass is 32.1. The third-order valence-electron chi connectivity index (χ3n) is 6.35. The highest BCUT2D eigenvalue weighted by Crippen LogP contribution is 2.45. The number of nitro groups is 2. The molecule has 9 nitrogen and oxygen atoms in total. The Morgan fingerprint density at radius 2 is 1.94 bits per heavy atom. The summed E-state index contributed by atoms with van der Waals surface area (Å²) in [4.78, 5) is 26.8. The molecule has 1 heterocycles. The Morgan fingerprint density at radius 1 is 1.17 bits per heavy atom. The third kappa shape index (κ3) is 5.26. The summed E-state index contributed by atoms with van der Waals surface area (Å²) in [5.74, 6) is 0.769. The summed E-state index contributed by atoms with van der Waals surface area (Å²) in [5.41, 5.74) is 1.73. The minimum absolute atomic E-state index is 0.106. The molecular formula is C26H24N4O5S. The molecule has 1 aliphatic rings. The van der Waals surface area contributed by atoms with E-state index in [1.807, 2.05) is 0 Å². The van der Waals surface area contributed by atoms with Gasteiger partial charge in [0, 0.05) is 17.2 Å². The number of aliphatic imine (C=N–C) groups is 1. The highest BCUT2D eigenvalue weighted by molar-refractivity contribution is 7.16. The molecule has 0 spiro atoms. The van der Waals surface area contributed by atoms with Crippen molar-refractivity contribution in [3.63, 3.8) is 0 Å². The zero-order chi connectivity index (χ0) is 26.0. The maximum Gasteiger partial charge on any atom is 0.318 e. The first-order valence-corrected chi connectivity index (χ1v) is 12.2. The number of rotatable bonds is 6. The van der Waals surface area contributed by atoms with Crippen molar-refractivity contribution in [3.05, 3.63) is 84.3 Å². The molecule has 0 N–H and O–H groups in total. The van der Waals surface area contributed by atoms with Crippen molar-refractivity contribution in [1.82, 2.24) is 0 Å². The van der Waals surface area contributed by atoms with Crippen LogP contribution < -0.4 is 4.74 Å². The lowest BCUT2D eigenvalue weighted by molar-refractivity contribution is -0.394. The van der Waals surface area contributed by atoms with Gasteiger partial charge in [-0.1, -0.05) is 32.9 Å². The van der Waals surface area contributed by atoms with Crippen molar-refractivity contribution in [2.75, 3.05) is 0 Å². The van der Waals surface area contributed by atoms with Crippen LogP contribution >= 0.6 is 11.3 Å². The van der Waals surface area contributed by atoms with Crippen LogP contribution in [0.1, 0.15) is 48.8 Å². The van der Waals surface area contributed by atoms with Crippen molar-refractivity contribution < 1.29 is 14.6 Å². The van der Waals surface area contributed by atoms with E-state index < -0.39 is 21.2 Å². The number of fused-ring (bicyclic) bond motifs is 1. The molecule has 0 saturated carbocycles. The second-order valence-electron chi connectivity index (χ2n) is 9.70. The van der Waals surface area contributed by atoms with Gasteiger partial charge < -0.3 is 4.74 Å². The molecule has 36 heavy (non-hydrogen) atoms. The van der Waals surface area contributed by atoms with Gasteiger partial charge in [0.2, 0.25) is 5.75 Å². The molecule has 1 atom stereocenters. The van der Waals surface area contributed by atoms with Gasteiger partial charge >= 0.3 is 5.69 Å². The van der Waals surface area contributed by atoms with Crippen LogP contribution in [0.25, 0.3) is 0 Å². The van der Waals surface area contributed by atoms with Crippen LogP contribution in [0.4, 0.5) is 16.4 Å². The molecule has 4 rings (SSSR count). The molecule has 0 fully saturated rings. The summed E-state index contributed by atoms with van der Waals surface area (Å²) in [5, 5.41) is 32.8. The van der Waals surface area contributed by atoms with Gasteiger partial charge in [-0.15, -0.1) is 11.3 Å². The van der Waals surface area contributed by atoms with Gasteiger partial charge in [-0.2, -0.15) is 5.26 Å². The van der Waals surface area contributed by atoms with Crippen molar-refractivity contribution in [2.45, 2.75) is 40.0 Å². The number of nitriles is 1. The van der Waals surface area contributed by atoms with Crippen LogP contribution in [-0.2, 0) is 12.8 Å². The van der Waals surface area contributed by atoms with Gasteiger partial charge in [0.1, 0.15) is 16.8 Å². The van der Waals surface area contributed by atoms with Gasteiger partial charge in [-0.05, 0) is 59.9 Å². The average molecular weight is 505 g/mol. The van der Waals surface area contributed by atoms with E-state index in [1.165, 1.54) is 10.9 Å². The van der Waals surface area contributed by atoms with Crippen LogP contribution in [0, 0.1) is 42.9 Å². The van der Waals surface area contributed by atoms with Crippen molar-refractivity contribution >= 4 is 33.9 Å². The van der Waals surface area contributed by atoms with E-state index in [0.29, 0.717) is 27.8 Å². The third-order valence-corrected chi connectivity index (χ3v) is 7.51. The Morgan fingerprint density at radius 3 is 2.61 bits per heavy atom. The topological polar surface area (TPSA) is 132 Å². The molecule has 0 aliphatic heterocycles. The maximum absolute atomic E-state index is 11.4. The van der Waals surface area contributed by atoms with E-state index in [9.17, 15) is 25.5 Å². The molecule has 0 unspecified atom stereocenters. The number of hydrogen-bond donors (Lipinski definition) is 0. The van der Waals surface area contributed by atoms with E-state index in [-0.39, 0.29) is 11.2 Å². The fourth-order valence-corrected chi connectivity index (χ4v) is 5.51. The predicted molar refractivity (Wildman–Crippen MR) is 138 cm³/mol. The summed E-state index contributed by atoms with van der Waals surface area (Å²) >= 11 is 1.56. The number of thiophene rings is 1. The minimum Gasteiger partial charge on any atom is -0.450 e. The molecule has 10 heteroatoms. The van der Waals surface area contributed by atoms with Crippen LogP contribution in [-0.4, -0.2) is 16.1 Å². The smallest absolute Gasteiger partial charge is 0.318 e. The van der Waals surface area contributed by atoms with Gasteiger partial charge in [0.15, 0.2) is 0 Å². The molecule has 0 saturated heterocycles. The van der Waals surface area contributed by atoms with E-state index in [1.54, 1.807) is 41.8 Å². The monoisotopic (exact) mass is 504 g/mol. The number of benzene rings is 2. The summed E-state index contributed by atoms with van der Waals surface area (Å²) < 4.78 is 5.68. The van der Waals surface area contributed by atoms with Crippen LogP contribution in [0.15, 0.2) is 47.5 Å². The zero-order valence-electron chi connectivity index (χ0n) is 20.1. The second-order valence-corrected chi connectivity index (χ2v) is 10.8. The highest BCUT2D eigenvalue weighted by Gasteiger charge is 2.32. The Balaban J connectivity index is 1.58. The Kier molecular flexibility index (Phi) is 6.86. The quantitative estimate of drug-likeness (QED) is 0.199. The lowest BCUT2D eigenvalue weighted by Gasteiger charge is -2.33. The van der Waals surface area contributed by atoms with E-state index in [2.05, 4.69) is 31.8 Å². The van der Waals surface area contributed by atoms with Gasteiger partial charge in [-0.3, -0.25) is 20.2 Å². The summed E-state index contributed by atoms with van der Waals surface area (Å²) in [7, 11) is 0. The molecule has 0 radical (unpaired) electrons. The molecule has 1 aliphatic carbocycles. The van der Waals surface area contributed by atoms with Crippen LogP contribution in [0.5, 0.6) is 11.5 Å². The molecule has 0 bridgehead atoms.